The van der Waals surface area contributed by atoms with E-state index in [9.17, 15) is 0 Å². The van der Waals surface area contributed by atoms with E-state index in [0.29, 0.717) is 17.8 Å². The molecule has 1 aromatic rings. The van der Waals surface area contributed by atoms with Crippen molar-refractivity contribution in [1.29, 1.82) is 0 Å². The zero-order chi connectivity index (χ0) is 11.5. The molecule has 2 N–H and O–H groups in total. The molecule has 2 heterocycles. The summed E-state index contributed by atoms with van der Waals surface area (Å²) in [6.07, 6.45) is 2.71. The van der Waals surface area contributed by atoms with E-state index in [2.05, 4.69) is 21.8 Å². The maximum Gasteiger partial charge on any atom is 0.228 e. The Hall–Kier alpha value is -1.36. The number of rotatable bonds is 2. The molecule has 0 aliphatic carbocycles. The van der Waals surface area contributed by atoms with Crippen molar-refractivity contribution in [3.8, 4) is 5.88 Å². The van der Waals surface area contributed by atoms with E-state index in [1.165, 1.54) is 0 Å². The standard InChI is InChI=1S/C11H18N4O/c1-8-7-15(6-4-9(8)12)11-13-5-3-10(14-11)16-2/h3,5,8-9H,4,6-7,12H2,1-2H3. The van der Waals surface area contributed by atoms with Gasteiger partial charge in [0.15, 0.2) is 0 Å². The van der Waals surface area contributed by atoms with Gasteiger partial charge in [-0.15, -0.1) is 0 Å². The second-order valence-electron chi connectivity index (χ2n) is 4.27. The Morgan fingerprint density at radius 3 is 3.06 bits per heavy atom. The van der Waals surface area contributed by atoms with E-state index in [0.717, 1.165) is 25.5 Å². The monoisotopic (exact) mass is 222 g/mol. The lowest BCUT2D eigenvalue weighted by molar-refractivity contribution is 0.374. The van der Waals surface area contributed by atoms with Crippen LogP contribution in [0.4, 0.5) is 5.95 Å². The van der Waals surface area contributed by atoms with Gasteiger partial charge in [0.2, 0.25) is 11.8 Å². The van der Waals surface area contributed by atoms with Crippen molar-refractivity contribution in [2.24, 2.45) is 11.7 Å². The number of nitrogens with two attached hydrogens (primary N) is 1. The summed E-state index contributed by atoms with van der Waals surface area (Å²) in [7, 11) is 1.61. The van der Waals surface area contributed by atoms with Crippen molar-refractivity contribution in [3.05, 3.63) is 12.3 Å². The third-order valence-electron chi connectivity index (χ3n) is 3.08. The van der Waals surface area contributed by atoms with Crippen molar-refractivity contribution < 1.29 is 4.74 Å². The first-order valence-electron chi connectivity index (χ1n) is 5.58. The van der Waals surface area contributed by atoms with Crippen molar-refractivity contribution in [2.75, 3.05) is 25.1 Å². The molecule has 1 aromatic heterocycles. The predicted molar refractivity (Wildman–Crippen MR) is 62.6 cm³/mol. The molecule has 0 bridgehead atoms. The van der Waals surface area contributed by atoms with Gasteiger partial charge < -0.3 is 15.4 Å². The number of nitrogens with zero attached hydrogens (tertiary/aromatic N) is 3. The van der Waals surface area contributed by atoms with Crippen molar-refractivity contribution in [2.45, 2.75) is 19.4 Å². The number of piperidine rings is 1. The molecule has 1 fully saturated rings. The average molecular weight is 222 g/mol. The van der Waals surface area contributed by atoms with Gasteiger partial charge in [-0.05, 0) is 12.3 Å². The van der Waals surface area contributed by atoms with Gasteiger partial charge in [0.05, 0.1) is 7.11 Å². The Kier molecular flexibility index (Phi) is 3.24. The Morgan fingerprint density at radius 2 is 2.38 bits per heavy atom. The largest absolute Gasteiger partial charge is 0.481 e. The van der Waals surface area contributed by atoms with Crippen LogP contribution in [0.5, 0.6) is 5.88 Å². The molecular weight excluding hydrogens is 204 g/mol. The molecule has 0 radical (unpaired) electrons. The lowest BCUT2D eigenvalue weighted by Gasteiger charge is -2.35. The van der Waals surface area contributed by atoms with Crippen LogP contribution in [0.15, 0.2) is 12.3 Å². The van der Waals surface area contributed by atoms with E-state index in [1.54, 1.807) is 19.4 Å². The van der Waals surface area contributed by atoms with Gasteiger partial charge >= 0.3 is 0 Å². The lowest BCUT2D eigenvalue weighted by Crippen LogP contribution is -2.46. The summed E-state index contributed by atoms with van der Waals surface area (Å²) in [5.74, 6) is 1.81. The summed E-state index contributed by atoms with van der Waals surface area (Å²) in [6, 6.07) is 2.05. The first kappa shape index (κ1) is 11.1. The number of hydrogen-bond donors (Lipinski definition) is 1. The van der Waals surface area contributed by atoms with Crippen LogP contribution < -0.4 is 15.4 Å². The molecule has 2 rings (SSSR count). The molecule has 0 spiro atoms. The first-order chi connectivity index (χ1) is 7.70. The summed E-state index contributed by atoms with van der Waals surface area (Å²) in [4.78, 5) is 10.8. The van der Waals surface area contributed by atoms with Crippen LogP contribution >= 0.6 is 0 Å². The summed E-state index contributed by atoms with van der Waals surface area (Å²) in [5.41, 5.74) is 5.98. The first-order valence-corrected chi connectivity index (χ1v) is 5.58. The molecule has 5 nitrogen and oxygen atoms in total. The predicted octanol–water partition coefficient (Wildman–Crippen LogP) is 0.659. The summed E-state index contributed by atoms with van der Waals surface area (Å²) < 4.78 is 5.09. The zero-order valence-corrected chi connectivity index (χ0v) is 9.76. The van der Waals surface area contributed by atoms with Gasteiger partial charge in [0.25, 0.3) is 0 Å². The topological polar surface area (TPSA) is 64.3 Å². The fraction of sp³-hybridized carbons (Fsp3) is 0.636. The highest BCUT2D eigenvalue weighted by atomic mass is 16.5. The van der Waals surface area contributed by atoms with Crippen molar-refractivity contribution in [1.82, 2.24) is 9.97 Å². The van der Waals surface area contributed by atoms with Crippen LogP contribution in [0.2, 0.25) is 0 Å². The Morgan fingerprint density at radius 1 is 1.56 bits per heavy atom. The fourth-order valence-electron chi connectivity index (χ4n) is 1.94. The highest BCUT2D eigenvalue weighted by molar-refractivity contribution is 5.33. The maximum absolute atomic E-state index is 5.98. The van der Waals surface area contributed by atoms with Crippen molar-refractivity contribution in [3.63, 3.8) is 0 Å². The van der Waals surface area contributed by atoms with Crippen LogP contribution in [0.3, 0.4) is 0 Å². The second kappa shape index (κ2) is 4.65. The molecule has 0 saturated carbocycles. The smallest absolute Gasteiger partial charge is 0.228 e. The number of hydrogen-bond acceptors (Lipinski definition) is 5. The Labute approximate surface area is 95.6 Å². The number of anilines is 1. The van der Waals surface area contributed by atoms with Crippen LogP contribution in [0, 0.1) is 5.92 Å². The molecule has 5 heteroatoms. The molecule has 88 valence electrons. The zero-order valence-electron chi connectivity index (χ0n) is 9.76. The molecule has 0 aromatic carbocycles. The highest BCUT2D eigenvalue weighted by Crippen LogP contribution is 2.20. The Bertz CT molecular complexity index is 358. The molecule has 1 aliphatic heterocycles. The SMILES string of the molecule is COc1ccnc(N2CCC(N)C(C)C2)n1. The van der Waals surface area contributed by atoms with E-state index < -0.39 is 0 Å². The minimum Gasteiger partial charge on any atom is -0.481 e. The van der Waals surface area contributed by atoms with E-state index in [-0.39, 0.29) is 0 Å². The minimum atomic E-state index is 0.293. The van der Waals surface area contributed by atoms with Crippen LogP contribution in [-0.4, -0.2) is 36.2 Å². The van der Waals surface area contributed by atoms with E-state index >= 15 is 0 Å². The quantitative estimate of drug-likeness (QED) is 0.796. The van der Waals surface area contributed by atoms with E-state index in [1.807, 2.05) is 0 Å². The van der Waals surface area contributed by atoms with Gasteiger partial charge in [0.1, 0.15) is 0 Å². The van der Waals surface area contributed by atoms with Gasteiger partial charge in [-0.2, -0.15) is 4.98 Å². The maximum atomic E-state index is 5.98. The highest BCUT2D eigenvalue weighted by Gasteiger charge is 2.24. The molecule has 1 aliphatic rings. The van der Waals surface area contributed by atoms with Gasteiger partial charge in [-0.25, -0.2) is 4.98 Å². The van der Waals surface area contributed by atoms with Gasteiger partial charge in [-0.1, -0.05) is 6.92 Å². The van der Waals surface area contributed by atoms with Gasteiger partial charge in [-0.3, -0.25) is 0 Å². The normalized spacial score (nSPS) is 25.6. The van der Waals surface area contributed by atoms with Crippen molar-refractivity contribution >= 4 is 5.95 Å². The second-order valence-corrected chi connectivity index (χ2v) is 4.27. The lowest BCUT2D eigenvalue weighted by atomic mass is 9.95. The number of ether oxygens (including phenoxy) is 1. The summed E-state index contributed by atoms with van der Waals surface area (Å²) in [6.45, 7) is 3.99. The average Bonchev–Trinajstić information content (AvgIpc) is 2.33. The molecular formula is C11H18N4O. The molecule has 2 atom stereocenters. The minimum absolute atomic E-state index is 0.293. The van der Waals surface area contributed by atoms with Crippen LogP contribution in [-0.2, 0) is 0 Å². The molecule has 1 saturated heterocycles. The van der Waals surface area contributed by atoms with Gasteiger partial charge in [0, 0.05) is 31.4 Å². The van der Waals surface area contributed by atoms with Crippen LogP contribution in [0.1, 0.15) is 13.3 Å². The number of aromatic nitrogens is 2. The number of methoxy groups -OCH3 is 1. The molecule has 16 heavy (non-hydrogen) atoms. The third-order valence-corrected chi connectivity index (χ3v) is 3.08. The summed E-state index contributed by atoms with van der Waals surface area (Å²) >= 11 is 0. The summed E-state index contributed by atoms with van der Waals surface area (Å²) in [5, 5.41) is 0. The third kappa shape index (κ3) is 2.24. The molecule has 0 amide bonds. The fourth-order valence-corrected chi connectivity index (χ4v) is 1.94. The molecule has 2 unspecified atom stereocenters. The van der Waals surface area contributed by atoms with Crippen LogP contribution in [0.25, 0.3) is 0 Å². The van der Waals surface area contributed by atoms with E-state index in [4.69, 9.17) is 10.5 Å². The Balaban J connectivity index is 2.12.